The summed E-state index contributed by atoms with van der Waals surface area (Å²) in [6.45, 7) is 0. The molecule has 24 heavy (non-hydrogen) atoms. The van der Waals surface area contributed by atoms with Crippen molar-refractivity contribution in [3.05, 3.63) is 65.0 Å². The molecule has 0 aliphatic rings. The van der Waals surface area contributed by atoms with Crippen molar-refractivity contribution in [2.45, 2.75) is 6.42 Å². The molecule has 2 N–H and O–H groups in total. The lowest BCUT2D eigenvalue weighted by molar-refractivity contribution is -0.115. The second-order valence-corrected chi connectivity index (χ2v) is 6.12. The molecule has 0 radical (unpaired) electrons. The fraction of sp³-hybridized carbons (Fsp3) is 0.111. The van der Waals surface area contributed by atoms with Crippen LogP contribution in [0, 0.1) is 0 Å². The Bertz CT molecular complexity index is 784. The second-order valence-electron chi connectivity index (χ2n) is 5.09. The fourth-order valence-corrected chi connectivity index (χ4v) is 2.84. The third-order valence-electron chi connectivity index (χ3n) is 3.32. The number of rotatable bonds is 6. The van der Waals surface area contributed by atoms with Crippen molar-refractivity contribution in [3.8, 4) is 5.75 Å². The first-order valence-electron chi connectivity index (χ1n) is 7.42. The molecule has 1 aromatic carbocycles. The summed E-state index contributed by atoms with van der Waals surface area (Å²) in [6, 6.07) is 15.1. The van der Waals surface area contributed by atoms with E-state index in [2.05, 4.69) is 15.6 Å². The number of nitrogens with one attached hydrogen (secondary N) is 2. The molecule has 0 aliphatic carbocycles. The van der Waals surface area contributed by atoms with Crippen molar-refractivity contribution in [3.63, 3.8) is 0 Å². The smallest absolute Gasteiger partial charge is 0.230 e. The highest BCUT2D eigenvalue weighted by atomic mass is 32.1. The minimum absolute atomic E-state index is 0.0687. The summed E-state index contributed by atoms with van der Waals surface area (Å²) in [5, 5.41) is 8.00. The van der Waals surface area contributed by atoms with Crippen LogP contribution in [-0.2, 0) is 11.2 Å². The van der Waals surface area contributed by atoms with Gasteiger partial charge in [-0.2, -0.15) is 0 Å². The van der Waals surface area contributed by atoms with Crippen molar-refractivity contribution >= 4 is 34.4 Å². The van der Waals surface area contributed by atoms with E-state index < -0.39 is 0 Å². The van der Waals surface area contributed by atoms with Crippen molar-refractivity contribution < 1.29 is 9.53 Å². The summed E-state index contributed by atoms with van der Waals surface area (Å²) >= 11 is 1.57. The van der Waals surface area contributed by atoms with Crippen LogP contribution in [0.2, 0.25) is 0 Å². The minimum atomic E-state index is -0.0687. The number of benzene rings is 1. The van der Waals surface area contributed by atoms with Gasteiger partial charge in [0.1, 0.15) is 11.6 Å². The summed E-state index contributed by atoms with van der Waals surface area (Å²) in [7, 11) is 1.64. The van der Waals surface area contributed by atoms with Crippen LogP contribution in [0.5, 0.6) is 5.75 Å². The molecular formula is C18H17N3O2S. The van der Waals surface area contributed by atoms with Crippen LogP contribution in [-0.4, -0.2) is 18.0 Å². The quantitative estimate of drug-likeness (QED) is 0.710. The topological polar surface area (TPSA) is 63.2 Å². The van der Waals surface area contributed by atoms with Gasteiger partial charge in [0, 0.05) is 10.6 Å². The largest absolute Gasteiger partial charge is 0.497 e. The summed E-state index contributed by atoms with van der Waals surface area (Å²) in [6.07, 6.45) is 2.05. The number of thiophene rings is 1. The van der Waals surface area contributed by atoms with Gasteiger partial charge in [-0.25, -0.2) is 4.98 Å². The van der Waals surface area contributed by atoms with Crippen LogP contribution in [0.1, 0.15) is 4.88 Å². The summed E-state index contributed by atoms with van der Waals surface area (Å²) in [5.41, 5.74) is 1.78. The molecule has 0 bridgehead atoms. The Hall–Kier alpha value is -2.86. The maximum Gasteiger partial charge on any atom is 0.230 e. The second kappa shape index (κ2) is 7.61. The molecule has 122 valence electrons. The Labute approximate surface area is 144 Å². The van der Waals surface area contributed by atoms with Crippen LogP contribution in [0.25, 0.3) is 0 Å². The zero-order valence-corrected chi connectivity index (χ0v) is 14.0. The molecule has 2 aromatic heterocycles. The zero-order chi connectivity index (χ0) is 16.8. The molecule has 6 heteroatoms. The lowest BCUT2D eigenvalue weighted by Gasteiger charge is -2.08. The highest BCUT2D eigenvalue weighted by molar-refractivity contribution is 7.10. The van der Waals surface area contributed by atoms with E-state index in [0.29, 0.717) is 12.2 Å². The van der Waals surface area contributed by atoms with E-state index in [-0.39, 0.29) is 5.91 Å². The van der Waals surface area contributed by atoms with Gasteiger partial charge in [-0.05, 0) is 47.8 Å². The van der Waals surface area contributed by atoms with Gasteiger partial charge in [0.05, 0.1) is 25.4 Å². The number of hydrogen-bond acceptors (Lipinski definition) is 5. The predicted octanol–water partition coefficient (Wildman–Crippen LogP) is 4.08. The molecule has 0 saturated carbocycles. The SMILES string of the molecule is COc1ccc(Nc2ccc(NC(=O)Cc3cccs3)nc2)cc1. The normalized spacial score (nSPS) is 10.2. The number of pyridine rings is 1. The first kappa shape index (κ1) is 16.0. The molecule has 0 fully saturated rings. The van der Waals surface area contributed by atoms with Crippen LogP contribution in [0.15, 0.2) is 60.1 Å². The maximum absolute atomic E-state index is 11.9. The van der Waals surface area contributed by atoms with Crippen LogP contribution < -0.4 is 15.4 Å². The van der Waals surface area contributed by atoms with Crippen molar-refractivity contribution in [1.29, 1.82) is 0 Å². The average molecular weight is 339 g/mol. The van der Waals surface area contributed by atoms with Crippen LogP contribution >= 0.6 is 11.3 Å². The molecule has 2 heterocycles. The maximum atomic E-state index is 11.9. The monoisotopic (exact) mass is 339 g/mol. The Morgan fingerprint density at radius 3 is 2.54 bits per heavy atom. The number of ether oxygens (including phenoxy) is 1. The van der Waals surface area contributed by atoms with Crippen molar-refractivity contribution in [2.24, 2.45) is 0 Å². The number of carbonyl (C=O) groups excluding carboxylic acids is 1. The number of amides is 1. The molecule has 0 atom stereocenters. The Morgan fingerprint density at radius 1 is 1.12 bits per heavy atom. The number of anilines is 3. The minimum Gasteiger partial charge on any atom is -0.497 e. The highest BCUT2D eigenvalue weighted by Crippen LogP contribution is 2.20. The number of methoxy groups -OCH3 is 1. The first-order chi connectivity index (χ1) is 11.7. The number of nitrogens with zero attached hydrogens (tertiary/aromatic N) is 1. The van der Waals surface area contributed by atoms with E-state index in [1.165, 1.54) is 0 Å². The molecule has 3 rings (SSSR count). The van der Waals surface area contributed by atoms with Gasteiger partial charge in [0.25, 0.3) is 0 Å². The molecule has 0 unspecified atom stereocenters. The summed E-state index contributed by atoms with van der Waals surface area (Å²) in [4.78, 5) is 17.2. The van der Waals surface area contributed by atoms with Crippen molar-refractivity contribution in [2.75, 3.05) is 17.7 Å². The first-order valence-corrected chi connectivity index (χ1v) is 8.30. The highest BCUT2D eigenvalue weighted by Gasteiger charge is 2.06. The Morgan fingerprint density at radius 2 is 1.92 bits per heavy atom. The van der Waals surface area contributed by atoms with E-state index >= 15 is 0 Å². The molecule has 3 aromatic rings. The van der Waals surface area contributed by atoms with E-state index in [9.17, 15) is 4.79 Å². The molecule has 5 nitrogen and oxygen atoms in total. The lowest BCUT2D eigenvalue weighted by atomic mass is 10.3. The van der Waals surface area contributed by atoms with E-state index in [0.717, 1.165) is 22.0 Å². The number of aromatic nitrogens is 1. The zero-order valence-electron chi connectivity index (χ0n) is 13.2. The van der Waals surface area contributed by atoms with Gasteiger partial charge in [-0.15, -0.1) is 11.3 Å². The number of hydrogen-bond donors (Lipinski definition) is 2. The average Bonchev–Trinajstić information content (AvgIpc) is 3.10. The van der Waals surface area contributed by atoms with Gasteiger partial charge in [-0.3, -0.25) is 4.79 Å². The van der Waals surface area contributed by atoms with Gasteiger partial charge >= 0.3 is 0 Å². The van der Waals surface area contributed by atoms with E-state index in [4.69, 9.17) is 4.74 Å². The third kappa shape index (κ3) is 4.33. The number of carbonyl (C=O) groups is 1. The van der Waals surface area contributed by atoms with Crippen molar-refractivity contribution in [1.82, 2.24) is 4.98 Å². The van der Waals surface area contributed by atoms with Gasteiger partial charge in [0.2, 0.25) is 5.91 Å². The molecule has 0 aliphatic heterocycles. The molecule has 0 spiro atoms. The molecule has 0 saturated heterocycles. The Kier molecular flexibility index (Phi) is 5.08. The van der Waals surface area contributed by atoms with Gasteiger partial charge in [-0.1, -0.05) is 6.07 Å². The van der Waals surface area contributed by atoms with Crippen LogP contribution in [0.4, 0.5) is 17.2 Å². The summed E-state index contributed by atoms with van der Waals surface area (Å²) < 4.78 is 5.13. The molecular weight excluding hydrogens is 322 g/mol. The van der Waals surface area contributed by atoms with Gasteiger partial charge in [0.15, 0.2) is 0 Å². The lowest BCUT2D eigenvalue weighted by Crippen LogP contribution is -2.14. The summed E-state index contributed by atoms with van der Waals surface area (Å²) in [5.74, 6) is 1.28. The standard InChI is InChI=1S/C18H17N3O2S/c1-23-15-7-4-13(5-8-15)20-14-6-9-17(19-12-14)21-18(22)11-16-3-2-10-24-16/h2-10,12,20H,11H2,1H3,(H,19,21,22). The predicted molar refractivity (Wildman–Crippen MR) is 97.2 cm³/mol. The fourth-order valence-electron chi connectivity index (χ4n) is 2.14. The molecule has 1 amide bonds. The Balaban J connectivity index is 1.57. The van der Waals surface area contributed by atoms with E-state index in [1.807, 2.05) is 47.8 Å². The van der Waals surface area contributed by atoms with Crippen LogP contribution in [0.3, 0.4) is 0 Å². The van der Waals surface area contributed by atoms with Gasteiger partial charge < -0.3 is 15.4 Å². The third-order valence-corrected chi connectivity index (χ3v) is 4.20. The van der Waals surface area contributed by atoms with E-state index in [1.54, 1.807) is 30.7 Å².